The quantitative estimate of drug-likeness (QED) is 0.0283. The van der Waals surface area contributed by atoms with Gasteiger partial charge in [-0.05, 0) is 96.3 Å². The van der Waals surface area contributed by atoms with Gasteiger partial charge >= 0.3 is 19.8 Å². The molecule has 0 aromatic carbocycles. The molecule has 0 aromatic rings. The van der Waals surface area contributed by atoms with Crippen LogP contribution in [0.15, 0.2) is 109 Å². The lowest BCUT2D eigenvalue weighted by molar-refractivity contribution is -0.161. The SMILES string of the molecule is CC/C=C/C/C=C/C/C=C/C/C=C/C/C=C/CCCCCC(=O)O[C@H](COC(=O)CCC/C=C/C/C=C/C/C=C/C/C=C/CCCCC)COP(=O)(O)O. The molecule has 0 amide bonds. The van der Waals surface area contributed by atoms with Crippen molar-refractivity contribution >= 4 is 19.8 Å². The van der Waals surface area contributed by atoms with Crippen molar-refractivity contribution in [1.82, 2.24) is 0 Å². The van der Waals surface area contributed by atoms with Crippen LogP contribution >= 0.6 is 7.82 Å². The molecule has 0 aromatic heterocycles. The first-order valence-electron chi connectivity index (χ1n) is 20.2. The lowest BCUT2D eigenvalue weighted by Crippen LogP contribution is -2.29. The van der Waals surface area contributed by atoms with E-state index in [4.69, 9.17) is 19.3 Å². The zero-order valence-corrected chi connectivity index (χ0v) is 34.2. The number of hydrogen-bond donors (Lipinski definition) is 2. The van der Waals surface area contributed by atoms with Crippen LogP contribution in [0.3, 0.4) is 0 Å². The molecule has 0 radical (unpaired) electrons. The fourth-order valence-corrected chi connectivity index (χ4v) is 5.16. The number of hydrogen-bond acceptors (Lipinski definition) is 6. The number of ether oxygens (including phenoxy) is 2. The van der Waals surface area contributed by atoms with Crippen LogP contribution in [0.5, 0.6) is 0 Å². The molecule has 8 nitrogen and oxygen atoms in total. The summed E-state index contributed by atoms with van der Waals surface area (Å²) in [6.07, 6.45) is 55.2. The van der Waals surface area contributed by atoms with Gasteiger partial charge in [-0.2, -0.15) is 0 Å². The second-order valence-corrected chi connectivity index (χ2v) is 14.1. The van der Waals surface area contributed by atoms with Gasteiger partial charge < -0.3 is 19.3 Å². The van der Waals surface area contributed by atoms with E-state index >= 15 is 0 Å². The fraction of sp³-hybridized carbons (Fsp3) is 0.556. The van der Waals surface area contributed by atoms with Crippen molar-refractivity contribution in [2.75, 3.05) is 13.2 Å². The van der Waals surface area contributed by atoms with Gasteiger partial charge in [0.05, 0.1) is 6.61 Å². The van der Waals surface area contributed by atoms with Crippen molar-refractivity contribution in [3.63, 3.8) is 0 Å². The number of carbonyl (C=O) groups is 2. The maximum Gasteiger partial charge on any atom is 0.469 e. The van der Waals surface area contributed by atoms with Crippen LogP contribution in [0.4, 0.5) is 0 Å². The Morgan fingerprint density at radius 2 is 0.907 bits per heavy atom. The summed E-state index contributed by atoms with van der Waals surface area (Å²) in [5, 5.41) is 0. The summed E-state index contributed by atoms with van der Waals surface area (Å²) in [6, 6.07) is 0. The zero-order chi connectivity index (χ0) is 39.6. The van der Waals surface area contributed by atoms with Gasteiger partial charge in [-0.1, -0.05) is 142 Å². The Balaban J connectivity index is 4.14. The van der Waals surface area contributed by atoms with Gasteiger partial charge in [0.1, 0.15) is 6.61 Å². The number of unbranched alkanes of at least 4 members (excludes halogenated alkanes) is 7. The largest absolute Gasteiger partial charge is 0.469 e. The fourth-order valence-electron chi connectivity index (χ4n) is 4.80. The average Bonchev–Trinajstić information content (AvgIpc) is 3.14. The van der Waals surface area contributed by atoms with E-state index in [1.807, 2.05) is 6.08 Å². The van der Waals surface area contributed by atoms with Crippen LogP contribution < -0.4 is 0 Å². The first-order valence-corrected chi connectivity index (χ1v) is 21.7. The van der Waals surface area contributed by atoms with Crippen LogP contribution in [0.25, 0.3) is 0 Å². The van der Waals surface area contributed by atoms with E-state index in [1.54, 1.807) is 0 Å². The molecule has 2 N–H and O–H groups in total. The number of esters is 2. The highest BCUT2D eigenvalue weighted by atomic mass is 31.2. The minimum Gasteiger partial charge on any atom is -0.462 e. The van der Waals surface area contributed by atoms with E-state index in [-0.39, 0.29) is 19.4 Å². The number of allylic oxidation sites excluding steroid dienone is 18. The van der Waals surface area contributed by atoms with Crippen molar-refractivity contribution < 1.29 is 37.9 Å². The molecule has 0 heterocycles. The predicted octanol–water partition coefficient (Wildman–Crippen LogP) is 12.4. The summed E-state index contributed by atoms with van der Waals surface area (Å²) in [5.74, 6) is -1.00. The summed E-state index contributed by atoms with van der Waals surface area (Å²) < 4.78 is 26.3. The summed E-state index contributed by atoms with van der Waals surface area (Å²) in [6.45, 7) is 3.45. The second-order valence-electron chi connectivity index (χ2n) is 12.9. The highest BCUT2D eigenvalue weighted by Gasteiger charge is 2.22. The molecule has 1 atom stereocenters. The van der Waals surface area contributed by atoms with Crippen molar-refractivity contribution in [1.29, 1.82) is 0 Å². The molecule has 0 aliphatic rings. The van der Waals surface area contributed by atoms with Crippen LogP contribution in [0.2, 0.25) is 0 Å². The predicted molar refractivity (Wildman–Crippen MR) is 225 cm³/mol. The molecule has 0 aliphatic carbocycles. The van der Waals surface area contributed by atoms with Crippen molar-refractivity contribution in [2.24, 2.45) is 0 Å². The van der Waals surface area contributed by atoms with Crippen LogP contribution in [0, 0.1) is 0 Å². The molecule has 0 bridgehead atoms. The standard InChI is InChI=1S/C45H71O8P/c1-3-5-7-9-11-13-15-17-19-21-22-24-26-28-30-32-34-36-38-40-45(47)53-43(42-52-54(48,49)50)41-51-44(46)39-37-35-33-31-29-27-25-23-20-18-16-14-12-10-8-6-4-2/h5,7,11-14,17-20,22,24-25,27-28,30-31,33,43H,3-4,6,8-10,15-16,21,23,26,29,32,34-42H2,1-2H3,(H2,48,49,50)/b7-5+,13-11+,14-12+,19-17+,20-18+,24-22+,27-25+,30-28+,33-31+/t43-/m1/s1. The molecule has 54 heavy (non-hydrogen) atoms. The van der Waals surface area contributed by atoms with Gasteiger partial charge in [-0.3, -0.25) is 14.1 Å². The Morgan fingerprint density at radius 1 is 0.500 bits per heavy atom. The summed E-state index contributed by atoms with van der Waals surface area (Å²) >= 11 is 0. The molecule has 0 saturated carbocycles. The number of phosphoric acid groups is 1. The Bertz CT molecular complexity index is 1230. The van der Waals surface area contributed by atoms with Gasteiger partial charge in [0.25, 0.3) is 0 Å². The van der Waals surface area contributed by atoms with Crippen molar-refractivity contribution in [3.05, 3.63) is 109 Å². The Hall–Kier alpha value is -3.29. The molecule has 0 aliphatic heterocycles. The minimum atomic E-state index is -4.78. The van der Waals surface area contributed by atoms with Crippen molar-refractivity contribution in [3.8, 4) is 0 Å². The third kappa shape index (κ3) is 41.5. The molecule has 9 heteroatoms. The zero-order valence-electron chi connectivity index (χ0n) is 33.3. The van der Waals surface area contributed by atoms with Gasteiger partial charge in [0.15, 0.2) is 6.10 Å². The normalized spacial score (nSPS) is 13.6. The van der Waals surface area contributed by atoms with E-state index in [2.05, 4.69) is 122 Å². The van der Waals surface area contributed by atoms with Crippen LogP contribution in [0.1, 0.15) is 142 Å². The van der Waals surface area contributed by atoms with E-state index < -0.39 is 32.5 Å². The Morgan fingerprint density at radius 3 is 1.35 bits per heavy atom. The molecular formula is C45H71O8P. The number of carbonyl (C=O) groups excluding carboxylic acids is 2. The second kappa shape index (κ2) is 39.4. The van der Waals surface area contributed by atoms with E-state index in [0.29, 0.717) is 19.3 Å². The monoisotopic (exact) mass is 770 g/mol. The van der Waals surface area contributed by atoms with Gasteiger partial charge in [-0.15, -0.1) is 0 Å². The molecule has 0 unspecified atom stereocenters. The van der Waals surface area contributed by atoms with E-state index in [0.717, 1.165) is 70.6 Å². The highest BCUT2D eigenvalue weighted by molar-refractivity contribution is 7.46. The molecule has 0 spiro atoms. The average molecular weight is 771 g/mol. The summed E-state index contributed by atoms with van der Waals surface area (Å²) in [5.41, 5.74) is 0. The summed E-state index contributed by atoms with van der Waals surface area (Å²) in [7, 11) is -4.78. The first kappa shape index (κ1) is 50.7. The number of rotatable bonds is 35. The molecular weight excluding hydrogens is 699 g/mol. The molecule has 0 saturated heterocycles. The van der Waals surface area contributed by atoms with Gasteiger partial charge in [0, 0.05) is 12.8 Å². The topological polar surface area (TPSA) is 119 Å². The minimum absolute atomic E-state index is 0.154. The summed E-state index contributed by atoms with van der Waals surface area (Å²) in [4.78, 5) is 42.8. The van der Waals surface area contributed by atoms with Crippen molar-refractivity contribution in [2.45, 2.75) is 148 Å². The molecule has 304 valence electrons. The van der Waals surface area contributed by atoms with Gasteiger partial charge in [0.2, 0.25) is 0 Å². The Kier molecular flexibility index (Phi) is 37.0. The van der Waals surface area contributed by atoms with Gasteiger partial charge in [-0.25, -0.2) is 4.57 Å². The number of phosphoric ester groups is 1. The third-order valence-corrected chi connectivity index (χ3v) is 8.26. The smallest absolute Gasteiger partial charge is 0.462 e. The lowest BCUT2D eigenvalue weighted by Gasteiger charge is -2.18. The highest BCUT2D eigenvalue weighted by Crippen LogP contribution is 2.36. The maximum atomic E-state index is 12.4. The maximum absolute atomic E-state index is 12.4. The molecule has 0 fully saturated rings. The third-order valence-electron chi connectivity index (χ3n) is 7.78. The Labute approximate surface area is 327 Å². The van der Waals surface area contributed by atoms with E-state index in [1.165, 1.54) is 25.7 Å². The van der Waals surface area contributed by atoms with E-state index in [9.17, 15) is 14.2 Å². The molecule has 0 rings (SSSR count). The first-order chi connectivity index (χ1) is 26.3. The van der Waals surface area contributed by atoms with Crippen LogP contribution in [-0.2, 0) is 28.2 Å². The lowest BCUT2D eigenvalue weighted by atomic mass is 10.1. The van der Waals surface area contributed by atoms with Crippen LogP contribution in [-0.4, -0.2) is 41.0 Å².